The molecule has 0 fully saturated rings. The molecular weight excluding hydrogens is 500 g/mol. The van der Waals surface area contributed by atoms with Crippen molar-refractivity contribution in [3.05, 3.63) is 81.8 Å². The molecule has 0 saturated heterocycles. The van der Waals surface area contributed by atoms with Gasteiger partial charge in [0.1, 0.15) is 6.61 Å². The Morgan fingerprint density at radius 1 is 0.882 bits per heavy atom. The highest BCUT2D eigenvalue weighted by atomic mass is 79.9. The zero-order valence-electron chi connectivity index (χ0n) is 19.3. The van der Waals surface area contributed by atoms with Crippen LogP contribution in [0.2, 0.25) is 0 Å². The van der Waals surface area contributed by atoms with Crippen LogP contribution in [0.15, 0.2) is 70.2 Å². The molecule has 0 radical (unpaired) electrons. The minimum absolute atomic E-state index is 0.362. The molecule has 178 valence electrons. The first-order chi connectivity index (χ1) is 16.5. The van der Waals surface area contributed by atoms with E-state index < -0.39 is 0 Å². The molecule has 7 nitrogen and oxygen atoms in total. The lowest BCUT2D eigenvalue weighted by Gasteiger charge is -2.13. The van der Waals surface area contributed by atoms with Gasteiger partial charge in [0.15, 0.2) is 23.0 Å². The molecule has 0 aliphatic rings. The van der Waals surface area contributed by atoms with E-state index in [1.807, 2.05) is 56.3 Å². The molecule has 3 aromatic carbocycles. The number of amides is 1. The van der Waals surface area contributed by atoms with E-state index in [1.165, 1.54) is 0 Å². The van der Waals surface area contributed by atoms with Gasteiger partial charge in [-0.1, -0.05) is 28.1 Å². The van der Waals surface area contributed by atoms with Crippen molar-refractivity contribution < 1.29 is 23.7 Å². The van der Waals surface area contributed by atoms with Crippen molar-refractivity contribution in [2.24, 2.45) is 5.10 Å². The third-order valence-electron chi connectivity index (χ3n) is 4.68. The van der Waals surface area contributed by atoms with E-state index in [-0.39, 0.29) is 5.91 Å². The highest BCUT2D eigenvalue weighted by Gasteiger charge is 2.11. The highest BCUT2D eigenvalue weighted by molar-refractivity contribution is 9.10. The lowest BCUT2D eigenvalue weighted by Crippen LogP contribution is -2.17. The van der Waals surface area contributed by atoms with Crippen LogP contribution in [0.25, 0.3) is 0 Å². The van der Waals surface area contributed by atoms with E-state index in [0.717, 1.165) is 15.6 Å². The van der Waals surface area contributed by atoms with Crippen molar-refractivity contribution in [3.63, 3.8) is 0 Å². The second kappa shape index (κ2) is 12.6. The quantitative estimate of drug-likeness (QED) is 0.260. The molecule has 3 rings (SSSR count). The summed E-state index contributed by atoms with van der Waals surface area (Å²) in [6.45, 7) is 5.15. The number of hydrogen-bond donors (Lipinski definition) is 1. The second-order valence-corrected chi connectivity index (χ2v) is 7.97. The molecule has 0 heterocycles. The number of hydrogen-bond acceptors (Lipinski definition) is 6. The molecule has 1 amide bonds. The largest absolute Gasteiger partial charge is 0.493 e. The van der Waals surface area contributed by atoms with Gasteiger partial charge in [0, 0.05) is 10.0 Å². The van der Waals surface area contributed by atoms with Crippen LogP contribution in [0.3, 0.4) is 0 Å². The Morgan fingerprint density at radius 3 is 2.24 bits per heavy atom. The lowest BCUT2D eigenvalue weighted by molar-refractivity contribution is 0.0954. The third kappa shape index (κ3) is 6.99. The predicted molar refractivity (Wildman–Crippen MR) is 135 cm³/mol. The summed E-state index contributed by atoms with van der Waals surface area (Å²) in [5, 5.41) is 4.07. The predicted octanol–water partition coefficient (Wildman–Crippen LogP) is 5.60. The maximum atomic E-state index is 12.5. The molecule has 34 heavy (non-hydrogen) atoms. The summed E-state index contributed by atoms with van der Waals surface area (Å²) in [6, 6.07) is 18.4. The summed E-state index contributed by atoms with van der Waals surface area (Å²) in [5.74, 6) is 1.94. The molecule has 3 aromatic rings. The van der Waals surface area contributed by atoms with Crippen LogP contribution in [0, 0.1) is 0 Å². The molecule has 0 spiro atoms. The summed E-state index contributed by atoms with van der Waals surface area (Å²) in [4.78, 5) is 12.5. The summed E-state index contributed by atoms with van der Waals surface area (Å²) >= 11 is 3.43. The molecule has 0 unspecified atom stereocenters. The summed E-state index contributed by atoms with van der Waals surface area (Å²) in [6.07, 6.45) is 1.55. The number of carbonyl (C=O) groups is 1. The van der Waals surface area contributed by atoms with Gasteiger partial charge in [0.25, 0.3) is 5.91 Å². The molecule has 1 N–H and O–H groups in total. The molecule has 0 saturated carbocycles. The summed E-state index contributed by atoms with van der Waals surface area (Å²) < 4.78 is 23.5. The topological polar surface area (TPSA) is 78.4 Å². The Balaban J connectivity index is 1.65. The van der Waals surface area contributed by atoms with Crippen LogP contribution < -0.4 is 24.4 Å². The van der Waals surface area contributed by atoms with Crippen molar-refractivity contribution in [2.75, 3.05) is 20.3 Å². The fraction of sp³-hybridized carbons (Fsp3) is 0.231. The van der Waals surface area contributed by atoms with Crippen molar-refractivity contribution in [3.8, 4) is 23.0 Å². The van der Waals surface area contributed by atoms with Crippen LogP contribution in [0.5, 0.6) is 23.0 Å². The van der Waals surface area contributed by atoms with Crippen LogP contribution in [-0.4, -0.2) is 32.4 Å². The van der Waals surface area contributed by atoms with Gasteiger partial charge in [-0.3, -0.25) is 4.79 Å². The molecule has 0 atom stereocenters. The standard InChI is InChI=1S/C26H27BrN2O5/c1-4-32-24-14-19(8-12-23(24)34-17-18-6-10-21(27)11-7-18)16-28-29-26(30)20-9-13-22(31-3)25(15-20)33-5-2/h6-16H,4-5,17H2,1-3H3,(H,29,30)/b28-16+. The number of methoxy groups -OCH3 is 1. The maximum absolute atomic E-state index is 12.5. The van der Waals surface area contributed by atoms with Gasteiger partial charge in [-0.25, -0.2) is 5.43 Å². The number of carbonyl (C=O) groups excluding carboxylic acids is 1. The monoisotopic (exact) mass is 526 g/mol. The Bertz CT molecular complexity index is 1130. The number of halogens is 1. The minimum atomic E-state index is -0.362. The van der Waals surface area contributed by atoms with Crippen LogP contribution in [-0.2, 0) is 6.61 Å². The first-order valence-corrected chi connectivity index (χ1v) is 11.6. The Labute approximate surface area is 207 Å². The van der Waals surface area contributed by atoms with Gasteiger partial charge in [0.05, 0.1) is 26.5 Å². The molecule has 0 aliphatic heterocycles. The Kier molecular flexibility index (Phi) is 9.34. The van der Waals surface area contributed by atoms with E-state index >= 15 is 0 Å². The van der Waals surface area contributed by atoms with E-state index in [9.17, 15) is 4.79 Å². The zero-order chi connectivity index (χ0) is 24.3. The Morgan fingerprint density at radius 2 is 1.56 bits per heavy atom. The van der Waals surface area contributed by atoms with Gasteiger partial charge in [-0.15, -0.1) is 0 Å². The number of ether oxygens (including phenoxy) is 4. The molecule has 0 aliphatic carbocycles. The molecule has 0 aromatic heterocycles. The van der Waals surface area contributed by atoms with Gasteiger partial charge in [-0.05, 0) is 73.5 Å². The summed E-state index contributed by atoms with van der Waals surface area (Å²) in [5.41, 5.74) is 4.74. The number of nitrogens with zero attached hydrogens (tertiary/aromatic N) is 1. The SMILES string of the molecule is CCOc1cc(C(=O)N/N=C/c2ccc(OCc3ccc(Br)cc3)c(OCC)c2)ccc1OC. The first kappa shape index (κ1) is 25.1. The normalized spacial score (nSPS) is 10.7. The van der Waals surface area contributed by atoms with Gasteiger partial charge in [-0.2, -0.15) is 5.10 Å². The smallest absolute Gasteiger partial charge is 0.271 e. The van der Waals surface area contributed by atoms with Crippen molar-refractivity contribution in [1.29, 1.82) is 0 Å². The van der Waals surface area contributed by atoms with Gasteiger partial charge >= 0.3 is 0 Å². The van der Waals surface area contributed by atoms with Crippen molar-refractivity contribution in [2.45, 2.75) is 20.5 Å². The summed E-state index contributed by atoms with van der Waals surface area (Å²) in [7, 11) is 1.55. The third-order valence-corrected chi connectivity index (χ3v) is 5.21. The number of benzene rings is 3. The second-order valence-electron chi connectivity index (χ2n) is 7.05. The van der Waals surface area contributed by atoms with Gasteiger partial charge < -0.3 is 18.9 Å². The number of rotatable bonds is 11. The number of nitrogens with one attached hydrogen (secondary N) is 1. The zero-order valence-corrected chi connectivity index (χ0v) is 20.9. The van der Waals surface area contributed by atoms with E-state index in [0.29, 0.717) is 48.4 Å². The van der Waals surface area contributed by atoms with Crippen LogP contribution in [0.4, 0.5) is 0 Å². The maximum Gasteiger partial charge on any atom is 0.271 e. The average Bonchev–Trinajstić information content (AvgIpc) is 2.85. The van der Waals surface area contributed by atoms with E-state index in [2.05, 4.69) is 26.5 Å². The fourth-order valence-corrected chi connectivity index (χ4v) is 3.31. The van der Waals surface area contributed by atoms with Crippen LogP contribution in [0.1, 0.15) is 35.3 Å². The number of hydrazone groups is 1. The minimum Gasteiger partial charge on any atom is -0.493 e. The molecule has 8 heteroatoms. The molecule has 0 bridgehead atoms. The Hall–Kier alpha value is -3.52. The average molecular weight is 527 g/mol. The van der Waals surface area contributed by atoms with Crippen molar-refractivity contribution >= 4 is 28.1 Å². The van der Waals surface area contributed by atoms with E-state index in [4.69, 9.17) is 18.9 Å². The van der Waals surface area contributed by atoms with Crippen LogP contribution >= 0.6 is 15.9 Å². The fourth-order valence-electron chi connectivity index (χ4n) is 3.05. The van der Waals surface area contributed by atoms with Crippen molar-refractivity contribution in [1.82, 2.24) is 5.43 Å². The highest BCUT2D eigenvalue weighted by Crippen LogP contribution is 2.29. The lowest BCUT2D eigenvalue weighted by atomic mass is 10.2. The van der Waals surface area contributed by atoms with E-state index in [1.54, 1.807) is 31.5 Å². The van der Waals surface area contributed by atoms with Gasteiger partial charge in [0.2, 0.25) is 0 Å². The molecular formula is C26H27BrN2O5. The first-order valence-electron chi connectivity index (χ1n) is 10.8.